The molecule has 1 aromatic carbocycles. The van der Waals surface area contributed by atoms with Crippen LogP contribution < -0.4 is 0 Å². The Balaban J connectivity index is 1.39. The highest BCUT2D eigenvalue weighted by Crippen LogP contribution is 2.53. The molecule has 7 heteroatoms. The Morgan fingerprint density at radius 2 is 1.94 bits per heavy atom. The molecule has 1 aliphatic heterocycles. The van der Waals surface area contributed by atoms with Gasteiger partial charge in [0.15, 0.2) is 0 Å². The lowest BCUT2D eigenvalue weighted by Gasteiger charge is -2.47. The molecule has 0 bridgehead atoms. The number of aromatic nitrogens is 1. The molecule has 34 heavy (non-hydrogen) atoms. The maximum atomic E-state index is 13.0. The van der Waals surface area contributed by atoms with Crippen LogP contribution >= 0.6 is 0 Å². The number of fused-ring (bicyclic) bond motifs is 2. The van der Waals surface area contributed by atoms with Crippen LogP contribution in [-0.2, 0) is 15.7 Å². The largest absolute Gasteiger partial charge is 0.462 e. The van der Waals surface area contributed by atoms with Crippen molar-refractivity contribution in [1.29, 1.82) is 0 Å². The van der Waals surface area contributed by atoms with Gasteiger partial charge in [0.2, 0.25) is 0 Å². The van der Waals surface area contributed by atoms with Crippen LogP contribution in [0.4, 0.5) is 13.2 Å². The van der Waals surface area contributed by atoms with Gasteiger partial charge < -0.3 is 9.84 Å². The van der Waals surface area contributed by atoms with Crippen molar-refractivity contribution in [1.82, 2.24) is 4.98 Å². The van der Waals surface area contributed by atoms with Crippen molar-refractivity contribution in [2.45, 2.75) is 51.0 Å². The number of alkyl halides is 3. The minimum Gasteiger partial charge on any atom is -0.462 e. The number of allylic oxidation sites excluding steroid dienone is 1. The van der Waals surface area contributed by atoms with Crippen molar-refractivity contribution < 1.29 is 27.8 Å². The average Bonchev–Trinajstić information content (AvgIpc) is 3.10. The number of nitrogens with zero attached hydrogens (tertiary/aromatic N) is 1. The van der Waals surface area contributed by atoms with Crippen LogP contribution in [-0.4, -0.2) is 28.3 Å². The third kappa shape index (κ3) is 4.26. The van der Waals surface area contributed by atoms with E-state index in [0.29, 0.717) is 29.2 Å². The summed E-state index contributed by atoms with van der Waals surface area (Å²) in [6, 6.07) is 8.77. The third-order valence-corrected chi connectivity index (χ3v) is 7.96. The van der Waals surface area contributed by atoms with Gasteiger partial charge in [-0.05, 0) is 73.8 Å². The van der Waals surface area contributed by atoms with Gasteiger partial charge in [-0.25, -0.2) is 0 Å². The van der Waals surface area contributed by atoms with Gasteiger partial charge in [-0.3, -0.25) is 9.78 Å². The number of carbonyl (C=O) groups is 1. The molecule has 2 aliphatic carbocycles. The molecule has 2 heterocycles. The monoisotopic (exact) mass is 471 g/mol. The smallest absolute Gasteiger partial charge is 0.416 e. The summed E-state index contributed by atoms with van der Waals surface area (Å²) in [5.74, 6) is 0.233. The van der Waals surface area contributed by atoms with E-state index in [1.807, 2.05) is 13.0 Å². The second-order valence-corrected chi connectivity index (χ2v) is 9.87. The molecule has 1 aromatic heterocycles. The summed E-state index contributed by atoms with van der Waals surface area (Å²) in [5.41, 5.74) is 1.08. The summed E-state index contributed by atoms with van der Waals surface area (Å²) in [6.07, 6.45) is 4.13. The van der Waals surface area contributed by atoms with Crippen molar-refractivity contribution in [2.75, 3.05) is 0 Å². The number of hydrogen-bond donors (Lipinski definition) is 1. The number of aliphatic hydroxyl groups is 1. The number of benzene rings is 1. The van der Waals surface area contributed by atoms with E-state index < -0.39 is 11.7 Å². The Kier molecular flexibility index (Phi) is 6.00. The van der Waals surface area contributed by atoms with Gasteiger partial charge in [-0.15, -0.1) is 0 Å². The van der Waals surface area contributed by atoms with Crippen LogP contribution in [0.1, 0.15) is 43.9 Å². The predicted molar refractivity (Wildman–Crippen MR) is 121 cm³/mol. The van der Waals surface area contributed by atoms with Crippen LogP contribution in [0.25, 0.3) is 17.2 Å². The summed E-state index contributed by atoms with van der Waals surface area (Å²) >= 11 is 0. The van der Waals surface area contributed by atoms with Gasteiger partial charge in [0.05, 0.1) is 23.3 Å². The van der Waals surface area contributed by atoms with E-state index in [0.717, 1.165) is 31.4 Å². The lowest BCUT2D eigenvalue weighted by atomic mass is 9.56. The van der Waals surface area contributed by atoms with Crippen molar-refractivity contribution in [3.63, 3.8) is 0 Å². The summed E-state index contributed by atoms with van der Waals surface area (Å²) in [6.45, 7) is 1.95. The van der Waals surface area contributed by atoms with Gasteiger partial charge >= 0.3 is 12.1 Å². The SMILES string of the molecule is C[C@H]1OC(=O)C2CC3C(O)CCCC3[C@@H](/C=C/c3ccc(-c4cccc(C(F)(F)F)c4)cn3)C21. The normalized spacial score (nSPS) is 33.4. The third-order valence-electron chi connectivity index (χ3n) is 7.96. The van der Waals surface area contributed by atoms with E-state index >= 15 is 0 Å². The average molecular weight is 472 g/mol. The molecule has 180 valence electrons. The second kappa shape index (κ2) is 8.84. The lowest BCUT2D eigenvalue weighted by Crippen LogP contribution is -2.47. The number of ether oxygens (including phenoxy) is 1. The molecule has 7 atom stereocenters. The van der Waals surface area contributed by atoms with E-state index in [1.165, 1.54) is 6.07 Å². The molecule has 0 amide bonds. The maximum Gasteiger partial charge on any atom is 0.416 e. The number of esters is 1. The lowest BCUT2D eigenvalue weighted by molar-refractivity contribution is -0.145. The molecule has 2 saturated carbocycles. The number of pyridine rings is 1. The fourth-order valence-corrected chi connectivity index (χ4v) is 6.36. The molecule has 2 aromatic rings. The highest BCUT2D eigenvalue weighted by Gasteiger charge is 2.55. The molecule has 5 unspecified atom stereocenters. The number of cyclic esters (lactones) is 1. The minimum absolute atomic E-state index is 0.0830. The predicted octanol–water partition coefficient (Wildman–Crippen LogP) is 5.76. The Bertz CT molecular complexity index is 1080. The van der Waals surface area contributed by atoms with Gasteiger partial charge in [-0.1, -0.05) is 30.7 Å². The minimum atomic E-state index is -4.39. The van der Waals surface area contributed by atoms with E-state index in [1.54, 1.807) is 24.4 Å². The van der Waals surface area contributed by atoms with Crippen LogP contribution in [0.3, 0.4) is 0 Å². The zero-order chi connectivity index (χ0) is 24.0. The molecule has 0 spiro atoms. The van der Waals surface area contributed by atoms with Crippen molar-refractivity contribution in [3.05, 3.63) is 59.9 Å². The molecular formula is C27H28F3NO3. The second-order valence-electron chi connectivity index (χ2n) is 9.87. The number of halogens is 3. The summed E-state index contributed by atoms with van der Waals surface area (Å²) in [5, 5.41) is 10.6. The van der Waals surface area contributed by atoms with E-state index in [9.17, 15) is 23.1 Å². The zero-order valence-corrected chi connectivity index (χ0v) is 18.9. The highest BCUT2D eigenvalue weighted by atomic mass is 19.4. The van der Waals surface area contributed by atoms with Crippen molar-refractivity contribution in [3.8, 4) is 11.1 Å². The van der Waals surface area contributed by atoms with Crippen LogP contribution in [0.15, 0.2) is 48.7 Å². The van der Waals surface area contributed by atoms with Crippen LogP contribution in [0, 0.1) is 29.6 Å². The van der Waals surface area contributed by atoms with E-state index in [4.69, 9.17) is 4.74 Å². The van der Waals surface area contributed by atoms with Crippen molar-refractivity contribution >= 4 is 12.0 Å². The van der Waals surface area contributed by atoms with Crippen LogP contribution in [0.2, 0.25) is 0 Å². The van der Waals surface area contributed by atoms with E-state index in [2.05, 4.69) is 11.1 Å². The summed E-state index contributed by atoms with van der Waals surface area (Å²) < 4.78 is 44.7. The molecule has 1 saturated heterocycles. The first kappa shape index (κ1) is 23.1. The summed E-state index contributed by atoms with van der Waals surface area (Å²) in [4.78, 5) is 16.9. The number of hydrogen-bond acceptors (Lipinski definition) is 4. The number of carbonyl (C=O) groups excluding carboxylic acids is 1. The van der Waals surface area contributed by atoms with Gasteiger partial charge in [0.25, 0.3) is 0 Å². The maximum absolute atomic E-state index is 13.0. The van der Waals surface area contributed by atoms with Crippen molar-refractivity contribution in [2.24, 2.45) is 29.6 Å². The fourth-order valence-electron chi connectivity index (χ4n) is 6.36. The molecule has 4 nitrogen and oxygen atoms in total. The molecule has 0 radical (unpaired) electrons. The topological polar surface area (TPSA) is 59.4 Å². The quantitative estimate of drug-likeness (QED) is 0.579. The highest BCUT2D eigenvalue weighted by molar-refractivity contribution is 5.75. The zero-order valence-electron chi connectivity index (χ0n) is 18.9. The van der Waals surface area contributed by atoms with Crippen LogP contribution in [0.5, 0.6) is 0 Å². The Morgan fingerprint density at radius 1 is 1.12 bits per heavy atom. The Hall–Kier alpha value is -2.67. The van der Waals surface area contributed by atoms with Gasteiger partial charge in [0.1, 0.15) is 6.10 Å². The first-order valence-electron chi connectivity index (χ1n) is 11.9. The number of aliphatic hydroxyl groups excluding tert-OH is 1. The molecule has 3 aliphatic rings. The Morgan fingerprint density at radius 3 is 2.68 bits per heavy atom. The van der Waals surface area contributed by atoms with Gasteiger partial charge in [-0.2, -0.15) is 13.2 Å². The molecule has 5 rings (SSSR count). The number of rotatable bonds is 3. The molecule has 3 fully saturated rings. The standard InChI is InChI=1S/C27H28F3NO3/c1-15-25-21(20-6-3-7-24(32)22(20)13-23(25)26(33)34-15)11-10-19-9-8-17(14-31-19)16-4-2-5-18(12-16)27(28,29)30/h2,4-5,8-12,14-15,20-25,32H,3,6-7,13H2,1H3/b11-10+/t15-,20?,21-,22?,23?,24?,25?/m1/s1. The van der Waals surface area contributed by atoms with E-state index in [-0.39, 0.29) is 41.8 Å². The Labute approximate surface area is 196 Å². The van der Waals surface area contributed by atoms with Gasteiger partial charge in [0, 0.05) is 17.7 Å². The fraction of sp³-hybridized carbons (Fsp3) is 0.481. The molecule has 1 N–H and O–H groups in total. The first-order chi connectivity index (χ1) is 16.2. The summed E-state index contributed by atoms with van der Waals surface area (Å²) in [7, 11) is 0. The molecular weight excluding hydrogens is 443 g/mol. The first-order valence-corrected chi connectivity index (χ1v) is 11.9.